The Balaban J connectivity index is 1.82. The lowest BCUT2D eigenvalue weighted by Crippen LogP contribution is -2.17. The number of benzene rings is 1. The van der Waals surface area contributed by atoms with E-state index in [1.807, 2.05) is 12.1 Å². The van der Waals surface area contributed by atoms with E-state index in [9.17, 15) is 13.2 Å². The van der Waals surface area contributed by atoms with Crippen LogP contribution in [0.3, 0.4) is 0 Å². The summed E-state index contributed by atoms with van der Waals surface area (Å²) in [6, 6.07) is 9.30. The number of hydrogen-bond donors (Lipinski definition) is 2. The number of pyridine rings is 1. The molecule has 0 atom stereocenters. The van der Waals surface area contributed by atoms with E-state index in [4.69, 9.17) is 21.6 Å². The molecule has 0 aliphatic carbocycles. The molecule has 1 aromatic heterocycles. The van der Waals surface area contributed by atoms with Gasteiger partial charge in [-0.1, -0.05) is 11.6 Å². The first kappa shape index (κ1) is 19.0. The van der Waals surface area contributed by atoms with Crippen LogP contribution in [0.2, 0.25) is 5.02 Å². The van der Waals surface area contributed by atoms with Crippen molar-refractivity contribution in [2.24, 2.45) is 0 Å². The number of ether oxygens (including phenoxy) is 1. The van der Waals surface area contributed by atoms with Crippen LogP contribution in [0, 0.1) is 11.3 Å². The summed E-state index contributed by atoms with van der Waals surface area (Å²) in [4.78, 5) is 3.54. The van der Waals surface area contributed by atoms with E-state index in [0.29, 0.717) is 11.8 Å². The molecule has 0 amide bonds. The zero-order chi connectivity index (χ0) is 19.4. The summed E-state index contributed by atoms with van der Waals surface area (Å²) in [7, 11) is 0. The molecule has 0 spiro atoms. The summed E-state index contributed by atoms with van der Waals surface area (Å²) < 4.78 is 44.5. The predicted molar refractivity (Wildman–Crippen MR) is 96.3 cm³/mol. The molecule has 0 radical (unpaired) electrons. The van der Waals surface area contributed by atoms with Gasteiger partial charge in [-0.15, -0.1) is 0 Å². The first-order valence-corrected chi connectivity index (χ1v) is 8.27. The van der Waals surface area contributed by atoms with Crippen molar-refractivity contribution in [2.45, 2.75) is 6.18 Å². The number of nitrogens with one attached hydrogen (secondary N) is 2. The Bertz CT molecular complexity index is 922. The van der Waals surface area contributed by atoms with Crippen molar-refractivity contribution in [1.82, 2.24) is 4.98 Å². The molecule has 140 valence electrons. The molecular formula is C18H14ClF3N4O. The van der Waals surface area contributed by atoms with Gasteiger partial charge in [0.15, 0.2) is 5.69 Å². The molecule has 1 aliphatic heterocycles. The van der Waals surface area contributed by atoms with E-state index in [-0.39, 0.29) is 19.0 Å². The summed E-state index contributed by atoms with van der Waals surface area (Å²) in [5.41, 5.74) is 0.772. The minimum Gasteiger partial charge on any atom is -0.366 e. The lowest BCUT2D eigenvalue weighted by atomic mass is 10.1. The van der Waals surface area contributed by atoms with Gasteiger partial charge in [0, 0.05) is 17.3 Å². The Morgan fingerprint density at radius 3 is 2.85 bits per heavy atom. The highest BCUT2D eigenvalue weighted by Crippen LogP contribution is 2.31. The van der Waals surface area contributed by atoms with Crippen LogP contribution in [0.4, 0.5) is 24.7 Å². The van der Waals surface area contributed by atoms with Gasteiger partial charge >= 0.3 is 6.18 Å². The van der Waals surface area contributed by atoms with Crippen molar-refractivity contribution in [3.8, 4) is 6.07 Å². The molecule has 5 nitrogen and oxygen atoms in total. The molecule has 2 aromatic rings. The van der Waals surface area contributed by atoms with Gasteiger partial charge in [-0.25, -0.2) is 4.98 Å². The number of hydrogen-bond acceptors (Lipinski definition) is 5. The largest absolute Gasteiger partial charge is 0.434 e. The number of anilines is 2. The summed E-state index contributed by atoms with van der Waals surface area (Å²) >= 11 is 6.03. The summed E-state index contributed by atoms with van der Waals surface area (Å²) in [5, 5.41) is 15.4. The van der Waals surface area contributed by atoms with E-state index >= 15 is 0 Å². The van der Waals surface area contributed by atoms with E-state index < -0.39 is 17.4 Å². The third kappa shape index (κ3) is 4.70. The fraction of sp³-hybridized carbons (Fsp3) is 0.222. The molecule has 1 aromatic carbocycles. The summed E-state index contributed by atoms with van der Waals surface area (Å²) in [6.07, 6.45) is -2.85. The monoisotopic (exact) mass is 394 g/mol. The maximum atomic E-state index is 13.0. The molecular weight excluding hydrogens is 381 g/mol. The van der Waals surface area contributed by atoms with Crippen LogP contribution < -0.4 is 10.6 Å². The number of nitriles is 1. The van der Waals surface area contributed by atoms with Crippen LogP contribution in [0.1, 0.15) is 16.8 Å². The summed E-state index contributed by atoms with van der Waals surface area (Å²) in [5.74, 6) is 0.0220. The van der Waals surface area contributed by atoms with Gasteiger partial charge in [-0.2, -0.15) is 18.4 Å². The zero-order valence-corrected chi connectivity index (χ0v) is 14.7. The number of alkyl halides is 3. The number of aromatic nitrogens is 1. The Morgan fingerprint density at radius 2 is 2.11 bits per heavy atom. The van der Waals surface area contributed by atoms with Crippen LogP contribution >= 0.6 is 11.6 Å². The van der Waals surface area contributed by atoms with Crippen molar-refractivity contribution in [1.29, 1.82) is 5.26 Å². The second kappa shape index (κ2) is 7.86. The highest BCUT2D eigenvalue weighted by molar-refractivity contribution is 6.30. The van der Waals surface area contributed by atoms with Gasteiger partial charge in [0.1, 0.15) is 18.6 Å². The molecule has 1 aliphatic rings. The fourth-order valence-electron chi connectivity index (χ4n) is 2.56. The van der Waals surface area contributed by atoms with Gasteiger partial charge in [0.05, 0.1) is 12.2 Å². The van der Waals surface area contributed by atoms with Crippen molar-refractivity contribution < 1.29 is 17.9 Å². The Kier molecular flexibility index (Phi) is 5.54. The van der Waals surface area contributed by atoms with Crippen LogP contribution in [0.15, 0.2) is 35.9 Å². The second-order valence-electron chi connectivity index (χ2n) is 5.76. The van der Waals surface area contributed by atoms with Crippen LogP contribution in [0.5, 0.6) is 0 Å². The quantitative estimate of drug-likeness (QED) is 0.801. The average Bonchev–Trinajstić information content (AvgIpc) is 2.61. The van der Waals surface area contributed by atoms with E-state index in [1.165, 1.54) is 12.1 Å². The minimum absolute atomic E-state index is 0.0220. The van der Waals surface area contributed by atoms with Crippen molar-refractivity contribution in [3.05, 3.63) is 57.7 Å². The van der Waals surface area contributed by atoms with Crippen LogP contribution in [-0.2, 0) is 10.9 Å². The van der Waals surface area contributed by atoms with Crippen molar-refractivity contribution in [2.75, 3.05) is 30.5 Å². The predicted octanol–water partition coefficient (Wildman–Crippen LogP) is 4.52. The number of nitrogens with zero attached hydrogens (tertiary/aromatic N) is 2. The first-order valence-electron chi connectivity index (χ1n) is 7.89. The molecule has 0 bridgehead atoms. The van der Waals surface area contributed by atoms with Gasteiger partial charge < -0.3 is 15.4 Å². The zero-order valence-electron chi connectivity index (χ0n) is 13.9. The summed E-state index contributed by atoms with van der Waals surface area (Å²) in [6.45, 7) is 0.801. The number of fused-ring (bicyclic) bond motifs is 1. The average molecular weight is 395 g/mol. The Labute approximate surface area is 158 Å². The first-order chi connectivity index (χ1) is 12.9. The minimum atomic E-state index is -4.70. The van der Waals surface area contributed by atoms with E-state index in [1.54, 1.807) is 12.1 Å². The number of halogens is 4. The highest BCUT2D eigenvalue weighted by Gasteiger charge is 2.36. The van der Waals surface area contributed by atoms with E-state index in [0.717, 1.165) is 22.9 Å². The van der Waals surface area contributed by atoms with E-state index in [2.05, 4.69) is 15.6 Å². The van der Waals surface area contributed by atoms with Crippen LogP contribution in [0.25, 0.3) is 6.08 Å². The molecule has 3 rings (SSSR count). The Hall–Kier alpha value is -2.76. The maximum absolute atomic E-state index is 13.0. The highest BCUT2D eigenvalue weighted by atomic mass is 35.5. The van der Waals surface area contributed by atoms with Gasteiger partial charge in [-0.3, -0.25) is 0 Å². The third-order valence-corrected chi connectivity index (χ3v) is 4.04. The molecule has 9 heteroatoms. The van der Waals surface area contributed by atoms with Gasteiger partial charge in [-0.05, 0) is 47.5 Å². The smallest absolute Gasteiger partial charge is 0.366 e. The van der Waals surface area contributed by atoms with Gasteiger partial charge in [0.25, 0.3) is 0 Å². The van der Waals surface area contributed by atoms with Gasteiger partial charge in [0.2, 0.25) is 0 Å². The molecule has 0 saturated heterocycles. The topological polar surface area (TPSA) is 70.0 Å². The van der Waals surface area contributed by atoms with Crippen LogP contribution in [-0.4, -0.2) is 24.9 Å². The molecule has 2 heterocycles. The third-order valence-electron chi connectivity index (χ3n) is 3.81. The molecule has 27 heavy (non-hydrogen) atoms. The normalized spacial score (nSPS) is 16.0. The standard InChI is InChI=1S/C18H14ClF3N4O/c19-14-2-3-15-13(6-14)5-11(9-27-10-25-15)8-24-16-4-1-12(7-23)17(26-16)18(20,21)22/h1-6,25H,8-10H2,(H,24,26)/b11-5-. The molecule has 0 fully saturated rings. The van der Waals surface area contributed by atoms with Crippen molar-refractivity contribution in [3.63, 3.8) is 0 Å². The second-order valence-corrected chi connectivity index (χ2v) is 6.20. The lowest BCUT2D eigenvalue weighted by molar-refractivity contribution is -0.141. The molecule has 0 saturated carbocycles. The van der Waals surface area contributed by atoms with Crippen molar-refractivity contribution >= 4 is 29.2 Å². The fourth-order valence-corrected chi connectivity index (χ4v) is 2.74. The maximum Gasteiger partial charge on any atom is 0.434 e. The molecule has 2 N–H and O–H groups in total. The SMILES string of the molecule is N#Cc1ccc(NC/C2=C/c3cc(Cl)ccc3NCOC2)nc1C(F)(F)F. The Morgan fingerprint density at radius 1 is 1.30 bits per heavy atom. The lowest BCUT2D eigenvalue weighted by Gasteiger charge is -2.18. The molecule has 0 unspecified atom stereocenters. The number of rotatable bonds is 3.